The van der Waals surface area contributed by atoms with Gasteiger partial charge >= 0.3 is 0 Å². The summed E-state index contributed by atoms with van der Waals surface area (Å²) in [4.78, 5) is 0. The van der Waals surface area contributed by atoms with Crippen LogP contribution in [0.3, 0.4) is 0 Å². The van der Waals surface area contributed by atoms with Crippen LogP contribution in [0.5, 0.6) is 5.75 Å². The van der Waals surface area contributed by atoms with Gasteiger partial charge < -0.3 is 15.6 Å². The lowest BCUT2D eigenvalue weighted by atomic mass is 10.1. The second-order valence-electron chi connectivity index (χ2n) is 3.01. The molecule has 1 aromatic rings. The first-order valence-electron chi connectivity index (χ1n) is 4.38. The van der Waals surface area contributed by atoms with E-state index in [9.17, 15) is 5.11 Å². The van der Waals surface area contributed by atoms with Gasteiger partial charge in [-0.05, 0) is 12.1 Å². The monoisotopic (exact) mass is 259 g/mol. The van der Waals surface area contributed by atoms with Crippen LogP contribution in [-0.4, -0.2) is 24.9 Å². The van der Waals surface area contributed by atoms with E-state index in [0.717, 1.165) is 15.8 Å². The fourth-order valence-electron chi connectivity index (χ4n) is 1.25. The first kappa shape index (κ1) is 11.5. The summed E-state index contributed by atoms with van der Waals surface area (Å²) in [7, 11) is 1.61. The van der Waals surface area contributed by atoms with Crippen molar-refractivity contribution >= 4 is 15.9 Å². The summed E-state index contributed by atoms with van der Waals surface area (Å²) >= 11 is 3.41. The number of methoxy groups -OCH3 is 1. The molecule has 3 N–H and O–H groups in total. The zero-order chi connectivity index (χ0) is 10.6. The van der Waals surface area contributed by atoms with Crippen LogP contribution in [0.4, 0.5) is 0 Å². The van der Waals surface area contributed by atoms with Crippen molar-refractivity contribution in [3.05, 3.63) is 28.2 Å². The van der Waals surface area contributed by atoms with Crippen molar-refractivity contribution in [3.63, 3.8) is 0 Å². The SMILES string of the molecule is COc1cccc(Br)c1CC(O)CN. The van der Waals surface area contributed by atoms with Crippen molar-refractivity contribution in [2.75, 3.05) is 13.7 Å². The van der Waals surface area contributed by atoms with Crippen LogP contribution >= 0.6 is 15.9 Å². The Balaban J connectivity index is 2.92. The first-order chi connectivity index (χ1) is 6.69. The Hall–Kier alpha value is -0.580. The Morgan fingerprint density at radius 1 is 1.57 bits per heavy atom. The molecule has 0 radical (unpaired) electrons. The molecule has 0 spiro atoms. The standard InChI is InChI=1S/C10H14BrNO2/c1-14-10-4-2-3-9(11)8(10)5-7(13)6-12/h2-4,7,13H,5-6,12H2,1H3. The number of ether oxygens (including phenoxy) is 1. The Kier molecular flexibility index (Phi) is 4.38. The zero-order valence-electron chi connectivity index (χ0n) is 8.03. The average Bonchev–Trinajstić information content (AvgIpc) is 2.20. The van der Waals surface area contributed by atoms with Crippen LogP contribution in [0.15, 0.2) is 22.7 Å². The molecule has 0 aromatic heterocycles. The summed E-state index contributed by atoms with van der Waals surface area (Å²) in [6.45, 7) is 0.254. The van der Waals surface area contributed by atoms with Gasteiger partial charge in [-0.1, -0.05) is 22.0 Å². The lowest BCUT2D eigenvalue weighted by Crippen LogP contribution is -2.22. The van der Waals surface area contributed by atoms with Crippen molar-refractivity contribution in [2.45, 2.75) is 12.5 Å². The topological polar surface area (TPSA) is 55.5 Å². The molecular formula is C10H14BrNO2. The van der Waals surface area contributed by atoms with Crippen molar-refractivity contribution in [2.24, 2.45) is 5.73 Å². The molecule has 0 aliphatic rings. The second kappa shape index (κ2) is 5.34. The number of halogens is 1. The molecule has 0 saturated carbocycles. The van der Waals surface area contributed by atoms with Crippen LogP contribution in [0.25, 0.3) is 0 Å². The molecule has 1 aromatic carbocycles. The van der Waals surface area contributed by atoms with E-state index in [-0.39, 0.29) is 6.54 Å². The maximum absolute atomic E-state index is 9.45. The third kappa shape index (κ3) is 2.70. The number of nitrogens with two attached hydrogens (primary N) is 1. The van der Waals surface area contributed by atoms with Gasteiger partial charge in [-0.3, -0.25) is 0 Å². The number of rotatable bonds is 4. The van der Waals surface area contributed by atoms with Crippen molar-refractivity contribution < 1.29 is 9.84 Å². The molecule has 0 bridgehead atoms. The minimum Gasteiger partial charge on any atom is -0.496 e. The average molecular weight is 260 g/mol. The summed E-state index contributed by atoms with van der Waals surface area (Å²) in [5.74, 6) is 0.770. The third-order valence-electron chi connectivity index (χ3n) is 2.01. The molecule has 14 heavy (non-hydrogen) atoms. The Labute approximate surface area is 92.0 Å². The summed E-state index contributed by atoms with van der Waals surface area (Å²) in [6.07, 6.45) is -0.0243. The molecule has 0 fully saturated rings. The highest BCUT2D eigenvalue weighted by Crippen LogP contribution is 2.27. The maximum atomic E-state index is 9.45. The van der Waals surface area contributed by atoms with Crippen LogP contribution in [0, 0.1) is 0 Å². The van der Waals surface area contributed by atoms with Crippen LogP contribution in [0.2, 0.25) is 0 Å². The van der Waals surface area contributed by atoms with E-state index in [1.165, 1.54) is 0 Å². The first-order valence-corrected chi connectivity index (χ1v) is 5.17. The fraction of sp³-hybridized carbons (Fsp3) is 0.400. The van der Waals surface area contributed by atoms with Crippen LogP contribution in [0.1, 0.15) is 5.56 Å². The Morgan fingerprint density at radius 3 is 2.86 bits per heavy atom. The zero-order valence-corrected chi connectivity index (χ0v) is 9.62. The number of hydrogen-bond acceptors (Lipinski definition) is 3. The van der Waals surface area contributed by atoms with E-state index in [0.29, 0.717) is 6.42 Å². The Morgan fingerprint density at radius 2 is 2.29 bits per heavy atom. The quantitative estimate of drug-likeness (QED) is 0.858. The van der Waals surface area contributed by atoms with Gasteiger partial charge in [0.2, 0.25) is 0 Å². The van der Waals surface area contributed by atoms with E-state index < -0.39 is 6.10 Å². The van der Waals surface area contributed by atoms with Crippen molar-refractivity contribution in [1.82, 2.24) is 0 Å². The van der Waals surface area contributed by atoms with Gasteiger partial charge in [-0.2, -0.15) is 0 Å². The van der Waals surface area contributed by atoms with Gasteiger partial charge in [0.15, 0.2) is 0 Å². The predicted molar refractivity (Wildman–Crippen MR) is 59.5 cm³/mol. The predicted octanol–water partition coefficient (Wildman–Crippen LogP) is 1.32. The smallest absolute Gasteiger partial charge is 0.123 e. The summed E-state index contributed by atoms with van der Waals surface area (Å²) in [6, 6.07) is 5.67. The fourth-order valence-corrected chi connectivity index (χ4v) is 1.76. The number of hydrogen-bond donors (Lipinski definition) is 2. The molecule has 1 atom stereocenters. The number of aliphatic hydroxyl groups is 1. The lowest BCUT2D eigenvalue weighted by Gasteiger charge is -2.13. The van der Waals surface area contributed by atoms with E-state index in [1.807, 2.05) is 18.2 Å². The van der Waals surface area contributed by atoms with Gasteiger partial charge in [0.25, 0.3) is 0 Å². The van der Waals surface area contributed by atoms with Gasteiger partial charge in [0.05, 0.1) is 13.2 Å². The molecule has 1 rings (SSSR count). The van der Waals surface area contributed by atoms with E-state index in [4.69, 9.17) is 10.5 Å². The van der Waals surface area contributed by atoms with Crippen LogP contribution < -0.4 is 10.5 Å². The normalized spacial score (nSPS) is 12.6. The van der Waals surface area contributed by atoms with Crippen molar-refractivity contribution in [3.8, 4) is 5.75 Å². The molecule has 4 heteroatoms. The third-order valence-corrected chi connectivity index (χ3v) is 2.75. The van der Waals surface area contributed by atoms with E-state index in [2.05, 4.69) is 15.9 Å². The Bertz CT molecular complexity index is 304. The van der Waals surface area contributed by atoms with Crippen molar-refractivity contribution in [1.29, 1.82) is 0 Å². The molecule has 0 aliphatic carbocycles. The molecular weight excluding hydrogens is 246 g/mol. The largest absolute Gasteiger partial charge is 0.496 e. The van der Waals surface area contributed by atoms with E-state index in [1.54, 1.807) is 7.11 Å². The highest BCUT2D eigenvalue weighted by molar-refractivity contribution is 9.10. The van der Waals surface area contributed by atoms with Gasteiger partial charge in [0.1, 0.15) is 5.75 Å². The highest BCUT2D eigenvalue weighted by Gasteiger charge is 2.11. The lowest BCUT2D eigenvalue weighted by molar-refractivity contribution is 0.182. The van der Waals surface area contributed by atoms with Gasteiger partial charge in [-0.15, -0.1) is 0 Å². The highest BCUT2D eigenvalue weighted by atomic mass is 79.9. The maximum Gasteiger partial charge on any atom is 0.123 e. The number of benzene rings is 1. The second-order valence-corrected chi connectivity index (χ2v) is 3.87. The molecule has 3 nitrogen and oxygen atoms in total. The van der Waals surface area contributed by atoms with Gasteiger partial charge in [0, 0.05) is 23.0 Å². The molecule has 0 heterocycles. The summed E-state index contributed by atoms with van der Waals surface area (Å²) < 4.78 is 6.12. The molecule has 0 aliphatic heterocycles. The van der Waals surface area contributed by atoms with Crippen LogP contribution in [-0.2, 0) is 6.42 Å². The summed E-state index contributed by atoms with van der Waals surface area (Å²) in [5.41, 5.74) is 6.31. The molecule has 78 valence electrons. The molecule has 1 unspecified atom stereocenters. The minimum atomic E-state index is -0.525. The summed E-state index contributed by atoms with van der Waals surface area (Å²) in [5, 5.41) is 9.45. The minimum absolute atomic E-state index is 0.254. The molecule has 0 saturated heterocycles. The van der Waals surface area contributed by atoms with E-state index >= 15 is 0 Å². The molecule has 0 amide bonds. The van der Waals surface area contributed by atoms with Gasteiger partial charge in [-0.25, -0.2) is 0 Å². The number of aliphatic hydroxyl groups excluding tert-OH is 1.